The molecule has 0 unspecified atom stereocenters. The minimum absolute atomic E-state index is 0.127. The van der Waals surface area contributed by atoms with Gasteiger partial charge in [-0.1, -0.05) is 0 Å². The molecule has 0 amide bonds. The molecule has 2 heterocycles. The molecule has 0 N–H and O–H groups in total. The maximum Gasteiger partial charge on any atom is 0.186 e. The maximum atomic E-state index is 13.3. The summed E-state index contributed by atoms with van der Waals surface area (Å²) >= 11 is 1.54. The quantitative estimate of drug-likeness (QED) is 0.833. The molecule has 3 rings (SSSR count). The molecular weight excluding hydrogens is 270 g/mol. The van der Waals surface area contributed by atoms with Crippen LogP contribution in [0.2, 0.25) is 0 Å². The molecule has 0 radical (unpaired) electrons. The van der Waals surface area contributed by atoms with Gasteiger partial charge in [0.15, 0.2) is 11.0 Å². The number of nitrogens with zero attached hydrogens (tertiary/aromatic N) is 2. The Labute approximate surface area is 114 Å². The minimum Gasteiger partial charge on any atom is -0.378 e. The first-order chi connectivity index (χ1) is 9.24. The molecule has 0 saturated carbocycles. The zero-order valence-corrected chi connectivity index (χ0v) is 11.2. The number of hydrogen-bond acceptors (Lipinski definition) is 4. The Bertz CT molecular complexity index is 533. The molecule has 1 fully saturated rings. The maximum absolute atomic E-state index is 13.3. The van der Waals surface area contributed by atoms with E-state index in [9.17, 15) is 8.78 Å². The van der Waals surface area contributed by atoms with Crippen LogP contribution in [0.25, 0.3) is 5.57 Å². The molecule has 1 aliphatic carbocycles. The van der Waals surface area contributed by atoms with Crippen LogP contribution in [0.1, 0.15) is 18.5 Å². The fourth-order valence-corrected chi connectivity index (χ4v) is 3.08. The predicted molar refractivity (Wildman–Crippen MR) is 71.6 cm³/mol. The van der Waals surface area contributed by atoms with Crippen molar-refractivity contribution in [1.29, 1.82) is 0 Å². The van der Waals surface area contributed by atoms with E-state index in [0.717, 1.165) is 29.5 Å². The van der Waals surface area contributed by atoms with E-state index in [2.05, 4.69) is 9.88 Å². The smallest absolute Gasteiger partial charge is 0.186 e. The topological polar surface area (TPSA) is 25.4 Å². The summed E-state index contributed by atoms with van der Waals surface area (Å²) in [7, 11) is 0. The summed E-state index contributed by atoms with van der Waals surface area (Å²) in [5, 5.41) is 2.84. The number of anilines is 1. The second-order valence-electron chi connectivity index (χ2n) is 4.54. The molecule has 3 nitrogen and oxygen atoms in total. The van der Waals surface area contributed by atoms with Gasteiger partial charge in [-0.05, 0) is 18.1 Å². The van der Waals surface area contributed by atoms with Crippen molar-refractivity contribution in [1.82, 2.24) is 4.98 Å². The molecule has 0 spiro atoms. The molecule has 1 aromatic rings. The fourth-order valence-electron chi connectivity index (χ4n) is 2.18. The Hall–Kier alpha value is -1.27. The van der Waals surface area contributed by atoms with Crippen LogP contribution in [0.15, 0.2) is 23.1 Å². The molecule has 6 heteroatoms. The monoisotopic (exact) mass is 284 g/mol. The van der Waals surface area contributed by atoms with E-state index < -0.39 is 11.7 Å². The van der Waals surface area contributed by atoms with Crippen LogP contribution in [-0.4, -0.2) is 31.3 Å². The summed E-state index contributed by atoms with van der Waals surface area (Å²) < 4.78 is 31.5. The Balaban J connectivity index is 1.80. The number of allylic oxidation sites excluding steroid dienone is 4. The lowest BCUT2D eigenvalue weighted by Gasteiger charge is -2.26. The second kappa shape index (κ2) is 5.38. The second-order valence-corrected chi connectivity index (χ2v) is 5.37. The molecule has 102 valence electrons. The van der Waals surface area contributed by atoms with Gasteiger partial charge in [0.25, 0.3) is 0 Å². The van der Waals surface area contributed by atoms with Gasteiger partial charge in [0.2, 0.25) is 0 Å². The van der Waals surface area contributed by atoms with Gasteiger partial charge in [-0.2, -0.15) is 0 Å². The average Bonchev–Trinajstić information content (AvgIpc) is 2.93. The number of ether oxygens (including phenoxy) is 1. The number of rotatable bonds is 2. The van der Waals surface area contributed by atoms with Crippen molar-refractivity contribution in [2.45, 2.75) is 12.8 Å². The van der Waals surface area contributed by atoms with Gasteiger partial charge >= 0.3 is 0 Å². The Morgan fingerprint density at radius 2 is 2.00 bits per heavy atom. The van der Waals surface area contributed by atoms with E-state index in [0.29, 0.717) is 19.6 Å². The predicted octanol–water partition coefficient (Wildman–Crippen LogP) is 3.31. The summed E-state index contributed by atoms with van der Waals surface area (Å²) in [5.74, 6) is -1.42. The third-order valence-electron chi connectivity index (χ3n) is 3.28. The van der Waals surface area contributed by atoms with E-state index in [1.165, 1.54) is 17.4 Å². The lowest BCUT2D eigenvalue weighted by molar-refractivity contribution is 0.122. The third kappa shape index (κ3) is 2.69. The van der Waals surface area contributed by atoms with Gasteiger partial charge in [-0.15, -0.1) is 11.3 Å². The number of hydrogen-bond donors (Lipinski definition) is 0. The summed E-state index contributed by atoms with van der Waals surface area (Å²) in [5.41, 5.74) is 1.53. The molecule has 1 aromatic heterocycles. The third-order valence-corrected chi connectivity index (χ3v) is 4.18. The first-order valence-electron chi connectivity index (χ1n) is 6.27. The van der Waals surface area contributed by atoms with E-state index in [4.69, 9.17) is 4.74 Å². The van der Waals surface area contributed by atoms with Crippen molar-refractivity contribution >= 4 is 22.0 Å². The lowest BCUT2D eigenvalue weighted by atomic mass is 10.0. The van der Waals surface area contributed by atoms with E-state index in [1.807, 2.05) is 5.38 Å². The standard InChI is InChI=1S/C13H14F2N2OS/c14-10-2-1-9(7-11(10)15)12-8-19-13(16-12)17-3-5-18-6-4-17/h7-8H,1-6H2. The highest BCUT2D eigenvalue weighted by Crippen LogP contribution is 2.33. The van der Waals surface area contributed by atoms with Crippen LogP contribution in [0.3, 0.4) is 0 Å². The van der Waals surface area contributed by atoms with Gasteiger partial charge in [0.05, 0.1) is 18.9 Å². The van der Waals surface area contributed by atoms with Crippen LogP contribution >= 0.6 is 11.3 Å². The van der Waals surface area contributed by atoms with Gasteiger partial charge in [-0.3, -0.25) is 0 Å². The molecule has 2 aliphatic rings. The molecule has 1 saturated heterocycles. The number of morpholine rings is 1. The number of halogens is 2. The average molecular weight is 284 g/mol. The first kappa shape index (κ1) is 12.7. The van der Waals surface area contributed by atoms with Gasteiger partial charge < -0.3 is 9.64 Å². The van der Waals surface area contributed by atoms with Crippen LogP contribution in [0.4, 0.5) is 13.9 Å². The Morgan fingerprint density at radius 1 is 1.21 bits per heavy atom. The summed E-state index contributed by atoms with van der Waals surface area (Å²) in [6.07, 6.45) is 1.89. The number of thiazole rings is 1. The molecule has 0 bridgehead atoms. The van der Waals surface area contributed by atoms with Crippen molar-refractivity contribution in [3.63, 3.8) is 0 Å². The molecule has 0 atom stereocenters. The zero-order chi connectivity index (χ0) is 13.2. The van der Waals surface area contributed by atoms with Crippen LogP contribution in [0, 0.1) is 0 Å². The molecule has 19 heavy (non-hydrogen) atoms. The normalized spacial score (nSPS) is 20.7. The highest BCUT2D eigenvalue weighted by molar-refractivity contribution is 7.13. The van der Waals surface area contributed by atoms with Gasteiger partial charge in [-0.25, -0.2) is 13.8 Å². The summed E-state index contributed by atoms with van der Waals surface area (Å²) in [6.45, 7) is 3.07. The lowest BCUT2D eigenvalue weighted by Crippen LogP contribution is -2.36. The Morgan fingerprint density at radius 3 is 2.74 bits per heavy atom. The summed E-state index contributed by atoms with van der Waals surface area (Å²) in [4.78, 5) is 6.69. The van der Waals surface area contributed by atoms with E-state index in [1.54, 1.807) is 0 Å². The molecule has 0 aromatic carbocycles. The SMILES string of the molecule is FC1=C(F)CCC(c2csc(N3CCOCC3)n2)=C1. The van der Waals surface area contributed by atoms with Crippen LogP contribution < -0.4 is 4.90 Å². The first-order valence-corrected chi connectivity index (χ1v) is 7.15. The van der Waals surface area contributed by atoms with Gasteiger partial charge in [0, 0.05) is 24.9 Å². The van der Waals surface area contributed by atoms with Crippen molar-refractivity contribution < 1.29 is 13.5 Å². The van der Waals surface area contributed by atoms with Crippen molar-refractivity contribution in [3.05, 3.63) is 28.8 Å². The molecular formula is C13H14F2N2OS. The zero-order valence-electron chi connectivity index (χ0n) is 10.4. The van der Waals surface area contributed by atoms with Crippen molar-refractivity contribution in [2.75, 3.05) is 31.2 Å². The Kier molecular flexibility index (Phi) is 3.61. The highest BCUT2D eigenvalue weighted by Gasteiger charge is 2.19. The number of aromatic nitrogens is 1. The van der Waals surface area contributed by atoms with E-state index >= 15 is 0 Å². The van der Waals surface area contributed by atoms with Gasteiger partial charge in [0.1, 0.15) is 5.83 Å². The largest absolute Gasteiger partial charge is 0.378 e. The van der Waals surface area contributed by atoms with Crippen LogP contribution in [0.5, 0.6) is 0 Å². The van der Waals surface area contributed by atoms with E-state index in [-0.39, 0.29) is 6.42 Å². The van der Waals surface area contributed by atoms with Crippen molar-refractivity contribution in [3.8, 4) is 0 Å². The highest BCUT2D eigenvalue weighted by atomic mass is 32.1. The molecule has 1 aliphatic heterocycles. The fraction of sp³-hybridized carbons (Fsp3) is 0.462. The van der Waals surface area contributed by atoms with Crippen molar-refractivity contribution in [2.24, 2.45) is 0 Å². The van der Waals surface area contributed by atoms with Crippen LogP contribution in [-0.2, 0) is 4.74 Å². The minimum atomic E-state index is -0.762. The summed E-state index contributed by atoms with van der Waals surface area (Å²) in [6, 6.07) is 0.